The first kappa shape index (κ1) is 19.6. The van der Waals surface area contributed by atoms with E-state index in [4.69, 9.17) is 4.74 Å². The maximum atomic E-state index is 12.9. The van der Waals surface area contributed by atoms with E-state index in [1.165, 1.54) is 10.4 Å². The molecule has 1 fully saturated rings. The van der Waals surface area contributed by atoms with Crippen LogP contribution in [-0.2, 0) is 10.0 Å². The van der Waals surface area contributed by atoms with Crippen LogP contribution >= 0.6 is 0 Å². The fourth-order valence-electron chi connectivity index (χ4n) is 3.18. The summed E-state index contributed by atoms with van der Waals surface area (Å²) in [5, 5.41) is 0. The van der Waals surface area contributed by atoms with Gasteiger partial charge < -0.3 is 4.74 Å². The molecular weight excluding hydrogens is 362 g/mol. The van der Waals surface area contributed by atoms with Crippen LogP contribution in [0.3, 0.4) is 0 Å². The van der Waals surface area contributed by atoms with E-state index in [0.29, 0.717) is 24.4 Å². The number of hydrogen-bond donors (Lipinski definition) is 0. The summed E-state index contributed by atoms with van der Waals surface area (Å²) in [7, 11) is -3.59. The van der Waals surface area contributed by atoms with Gasteiger partial charge in [0.1, 0.15) is 5.75 Å². The van der Waals surface area contributed by atoms with Gasteiger partial charge in [0.05, 0.1) is 10.5 Å². The molecule has 0 aliphatic carbocycles. The smallest absolute Gasteiger partial charge is 0.343 e. The minimum absolute atomic E-state index is 0.141. The minimum atomic E-state index is -3.59. The van der Waals surface area contributed by atoms with Crippen LogP contribution in [0, 0.1) is 20.8 Å². The number of benzene rings is 2. The molecule has 0 amide bonds. The van der Waals surface area contributed by atoms with Crippen molar-refractivity contribution < 1.29 is 17.9 Å². The third kappa shape index (κ3) is 4.22. The fraction of sp³-hybridized carbons (Fsp3) is 0.381. The van der Waals surface area contributed by atoms with Crippen molar-refractivity contribution in [1.82, 2.24) is 4.31 Å². The van der Waals surface area contributed by atoms with Crippen LogP contribution in [0.15, 0.2) is 41.3 Å². The molecule has 0 aromatic heterocycles. The zero-order chi connectivity index (χ0) is 19.6. The van der Waals surface area contributed by atoms with Crippen molar-refractivity contribution in [3.05, 3.63) is 58.7 Å². The van der Waals surface area contributed by atoms with Crippen molar-refractivity contribution >= 4 is 16.0 Å². The molecule has 0 radical (unpaired) electrons. The monoisotopic (exact) mass is 387 g/mol. The summed E-state index contributed by atoms with van der Waals surface area (Å²) in [6.45, 7) is 6.76. The van der Waals surface area contributed by atoms with Gasteiger partial charge in [-0.25, -0.2) is 13.2 Å². The maximum absolute atomic E-state index is 12.9. The maximum Gasteiger partial charge on any atom is 0.343 e. The van der Waals surface area contributed by atoms with Gasteiger partial charge in [0.2, 0.25) is 10.0 Å². The second-order valence-corrected chi connectivity index (χ2v) is 9.01. The molecule has 1 aliphatic rings. The third-order valence-corrected chi connectivity index (χ3v) is 6.97. The van der Waals surface area contributed by atoms with E-state index < -0.39 is 16.0 Å². The lowest BCUT2D eigenvalue weighted by Gasteiger charge is -2.26. The molecule has 3 rings (SSSR count). The summed E-state index contributed by atoms with van der Waals surface area (Å²) in [6, 6.07) is 10.1. The van der Waals surface area contributed by atoms with Gasteiger partial charge in [-0.05, 0) is 74.6 Å². The number of piperidine rings is 1. The highest BCUT2D eigenvalue weighted by atomic mass is 32.2. The van der Waals surface area contributed by atoms with Crippen molar-refractivity contribution in [1.29, 1.82) is 0 Å². The van der Waals surface area contributed by atoms with Crippen LogP contribution in [-0.4, -0.2) is 31.8 Å². The van der Waals surface area contributed by atoms with E-state index in [-0.39, 0.29) is 10.5 Å². The van der Waals surface area contributed by atoms with Crippen LogP contribution < -0.4 is 4.74 Å². The Bertz CT molecular complexity index is 960. The molecule has 0 spiro atoms. The second kappa shape index (κ2) is 7.82. The van der Waals surface area contributed by atoms with Gasteiger partial charge in [0.15, 0.2) is 0 Å². The summed E-state index contributed by atoms with van der Waals surface area (Å²) >= 11 is 0. The van der Waals surface area contributed by atoms with Gasteiger partial charge in [-0.3, -0.25) is 0 Å². The van der Waals surface area contributed by atoms with Gasteiger partial charge in [0, 0.05) is 13.1 Å². The highest BCUT2D eigenvalue weighted by Gasteiger charge is 2.27. The van der Waals surface area contributed by atoms with Crippen LogP contribution in [0.5, 0.6) is 5.75 Å². The Labute approximate surface area is 161 Å². The van der Waals surface area contributed by atoms with E-state index >= 15 is 0 Å². The van der Waals surface area contributed by atoms with Crippen LogP contribution in [0.25, 0.3) is 0 Å². The second-order valence-electron chi connectivity index (χ2n) is 7.08. The van der Waals surface area contributed by atoms with Crippen molar-refractivity contribution in [3.63, 3.8) is 0 Å². The lowest BCUT2D eigenvalue weighted by Crippen LogP contribution is -2.35. The van der Waals surface area contributed by atoms with E-state index in [9.17, 15) is 13.2 Å². The van der Waals surface area contributed by atoms with Gasteiger partial charge in [-0.15, -0.1) is 0 Å². The van der Waals surface area contributed by atoms with Crippen LogP contribution in [0.2, 0.25) is 0 Å². The molecule has 27 heavy (non-hydrogen) atoms. The molecule has 1 saturated heterocycles. The largest absolute Gasteiger partial charge is 0.423 e. The number of hydrogen-bond acceptors (Lipinski definition) is 4. The number of sulfonamides is 1. The molecule has 5 nitrogen and oxygen atoms in total. The Morgan fingerprint density at radius 3 is 2.22 bits per heavy atom. The minimum Gasteiger partial charge on any atom is -0.423 e. The molecule has 0 N–H and O–H groups in total. The first-order valence-electron chi connectivity index (χ1n) is 9.19. The first-order valence-corrected chi connectivity index (χ1v) is 10.6. The molecule has 1 heterocycles. The molecule has 6 heteroatoms. The Morgan fingerprint density at radius 2 is 1.56 bits per heavy atom. The molecule has 0 atom stereocenters. The molecule has 2 aromatic rings. The SMILES string of the molecule is Cc1ccc(OC(=O)c2cc(S(=O)(=O)N3CCCCC3)ccc2C)cc1C. The summed E-state index contributed by atoms with van der Waals surface area (Å²) < 4.78 is 32.8. The summed E-state index contributed by atoms with van der Waals surface area (Å²) in [6.07, 6.45) is 2.78. The van der Waals surface area contributed by atoms with E-state index in [0.717, 1.165) is 30.4 Å². The third-order valence-electron chi connectivity index (χ3n) is 5.07. The Kier molecular flexibility index (Phi) is 5.67. The zero-order valence-electron chi connectivity index (χ0n) is 16.0. The number of nitrogens with zero attached hydrogens (tertiary/aromatic N) is 1. The number of aryl methyl sites for hydroxylation is 3. The molecule has 144 valence electrons. The molecule has 1 aliphatic heterocycles. The number of rotatable bonds is 4. The van der Waals surface area contributed by atoms with Gasteiger partial charge in [-0.2, -0.15) is 4.31 Å². The quantitative estimate of drug-likeness (QED) is 0.587. The number of carbonyl (C=O) groups is 1. The Morgan fingerprint density at radius 1 is 0.889 bits per heavy atom. The number of carbonyl (C=O) groups excluding carboxylic acids is 1. The predicted octanol–water partition coefficient (Wildman–Crippen LogP) is 4.01. The zero-order valence-corrected chi connectivity index (χ0v) is 16.8. The van der Waals surface area contributed by atoms with E-state index in [1.54, 1.807) is 31.2 Å². The standard InChI is InChI=1S/C21H25NO4S/c1-15-7-9-18(13-17(15)3)26-21(23)20-14-19(10-8-16(20)2)27(24,25)22-11-5-4-6-12-22/h7-10,13-14H,4-6,11-12H2,1-3H3. The molecule has 2 aromatic carbocycles. The van der Waals surface area contributed by atoms with E-state index in [2.05, 4.69) is 0 Å². The first-order chi connectivity index (χ1) is 12.8. The fourth-order valence-corrected chi connectivity index (χ4v) is 4.72. The molecule has 0 unspecified atom stereocenters. The van der Waals surface area contributed by atoms with Crippen molar-refractivity contribution in [2.24, 2.45) is 0 Å². The Hall–Kier alpha value is -2.18. The van der Waals surface area contributed by atoms with Gasteiger partial charge >= 0.3 is 5.97 Å². The Balaban J connectivity index is 1.88. The van der Waals surface area contributed by atoms with Crippen molar-refractivity contribution in [3.8, 4) is 5.75 Å². The molecule has 0 saturated carbocycles. The average Bonchev–Trinajstić information content (AvgIpc) is 2.65. The summed E-state index contributed by atoms with van der Waals surface area (Å²) in [5.41, 5.74) is 3.09. The normalized spacial score (nSPS) is 15.5. The van der Waals surface area contributed by atoms with E-state index in [1.807, 2.05) is 19.9 Å². The van der Waals surface area contributed by atoms with Gasteiger partial charge in [0.25, 0.3) is 0 Å². The van der Waals surface area contributed by atoms with Crippen LogP contribution in [0.4, 0.5) is 0 Å². The summed E-state index contributed by atoms with van der Waals surface area (Å²) in [4.78, 5) is 12.8. The lowest BCUT2D eigenvalue weighted by molar-refractivity contribution is 0.0733. The van der Waals surface area contributed by atoms with Crippen molar-refractivity contribution in [2.75, 3.05) is 13.1 Å². The van der Waals surface area contributed by atoms with Gasteiger partial charge in [-0.1, -0.05) is 18.6 Å². The highest BCUT2D eigenvalue weighted by Crippen LogP contribution is 2.24. The molecular formula is C21H25NO4S. The van der Waals surface area contributed by atoms with Crippen molar-refractivity contribution in [2.45, 2.75) is 44.9 Å². The predicted molar refractivity (Wildman–Crippen MR) is 105 cm³/mol. The van der Waals surface area contributed by atoms with Crippen LogP contribution in [0.1, 0.15) is 46.3 Å². The number of esters is 1. The number of ether oxygens (including phenoxy) is 1. The highest BCUT2D eigenvalue weighted by molar-refractivity contribution is 7.89. The summed E-state index contributed by atoms with van der Waals surface area (Å²) in [5.74, 6) is -0.0989. The lowest BCUT2D eigenvalue weighted by atomic mass is 10.1. The topological polar surface area (TPSA) is 63.7 Å². The molecule has 0 bridgehead atoms. The average molecular weight is 388 g/mol.